The van der Waals surface area contributed by atoms with Crippen molar-refractivity contribution in [3.05, 3.63) is 47.0 Å². The lowest BCUT2D eigenvalue weighted by atomic mass is 10.2. The molecule has 0 spiro atoms. The van der Waals surface area contributed by atoms with Gasteiger partial charge in [0.2, 0.25) is 10.0 Å². The standard InChI is InChI=1S/C17H18ClNO5S/c1-12-10-13(2-4-15(12)18)22-7-6-19-25(20,21)14-3-5-16-17(11-14)24-9-8-23-16/h2-5,10-11,19H,6-9H2,1H3. The third-order valence-electron chi connectivity index (χ3n) is 3.62. The van der Waals surface area contributed by atoms with Crippen molar-refractivity contribution in [1.29, 1.82) is 0 Å². The molecular weight excluding hydrogens is 366 g/mol. The van der Waals surface area contributed by atoms with Crippen molar-refractivity contribution in [3.63, 3.8) is 0 Å². The average Bonchev–Trinajstić information content (AvgIpc) is 2.61. The largest absolute Gasteiger partial charge is 0.492 e. The first-order valence-electron chi connectivity index (χ1n) is 7.74. The van der Waals surface area contributed by atoms with Gasteiger partial charge >= 0.3 is 0 Å². The average molecular weight is 384 g/mol. The Morgan fingerprint density at radius 2 is 1.88 bits per heavy atom. The maximum atomic E-state index is 12.3. The van der Waals surface area contributed by atoms with Crippen LogP contribution in [0.25, 0.3) is 0 Å². The molecule has 0 aromatic heterocycles. The van der Waals surface area contributed by atoms with Gasteiger partial charge in [-0.3, -0.25) is 0 Å². The first-order valence-corrected chi connectivity index (χ1v) is 9.60. The lowest BCUT2D eigenvalue weighted by molar-refractivity contribution is 0.171. The summed E-state index contributed by atoms with van der Waals surface area (Å²) < 4.78 is 43.5. The predicted octanol–water partition coefficient (Wildman–Crippen LogP) is 2.78. The maximum absolute atomic E-state index is 12.3. The Hall–Kier alpha value is -1.96. The summed E-state index contributed by atoms with van der Waals surface area (Å²) >= 11 is 5.95. The minimum atomic E-state index is -3.65. The topological polar surface area (TPSA) is 73.9 Å². The van der Waals surface area contributed by atoms with E-state index in [0.717, 1.165) is 5.56 Å². The number of ether oxygens (including phenoxy) is 3. The van der Waals surface area contributed by atoms with Crippen LogP contribution in [-0.2, 0) is 10.0 Å². The predicted molar refractivity (Wildman–Crippen MR) is 94.3 cm³/mol. The van der Waals surface area contributed by atoms with E-state index in [0.29, 0.717) is 35.5 Å². The molecule has 0 unspecified atom stereocenters. The molecule has 0 amide bonds. The molecule has 1 aliphatic heterocycles. The summed E-state index contributed by atoms with van der Waals surface area (Å²) in [7, 11) is -3.65. The molecule has 134 valence electrons. The number of rotatable bonds is 6. The van der Waals surface area contributed by atoms with Crippen molar-refractivity contribution in [2.24, 2.45) is 0 Å². The lowest BCUT2D eigenvalue weighted by Crippen LogP contribution is -2.28. The molecular formula is C17H18ClNO5S. The summed E-state index contributed by atoms with van der Waals surface area (Å²) in [6, 6.07) is 9.82. The molecule has 3 rings (SSSR count). The monoisotopic (exact) mass is 383 g/mol. The second kappa shape index (κ2) is 7.51. The first-order chi connectivity index (χ1) is 12.0. The third kappa shape index (κ3) is 4.36. The molecule has 1 aliphatic rings. The smallest absolute Gasteiger partial charge is 0.240 e. The molecule has 0 saturated heterocycles. The first kappa shape index (κ1) is 17.8. The summed E-state index contributed by atoms with van der Waals surface area (Å²) in [5, 5.41) is 0.659. The Balaban J connectivity index is 1.57. The van der Waals surface area contributed by atoms with Gasteiger partial charge in [-0.2, -0.15) is 0 Å². The van der Waals surface area contributed by atoms with Gasteiger partial charge in [-0.15, -0.1) is 0 Å². The number of nitrogens with one attached hydrogen (secondary N) is 1. The number of halogens is 1. The molecule has 0 fully saturated rings. The minimum absolute atomic E-state index is 0.124. The second-order valence-corrected chi connectivity index (χ2v) is 7.64. The quantitative estimate of drug-likeness (QED) is 0.776. The van der Waals surface area contributed by atoms with Gasteiger partial charge in [0.05, 0.1) is 4.90 Å². The molecule has 2 aromatic carbocycles. The number of hydrogen-bond acceptors (Lipinski definition) is 5. The van der Waals surface area contributed by atoms with Crippen molar-refractivity contribution in [2.75, 3.05) is 26.4 Å². The maximum Gasteiger partial charge on any atom is 0.240 e. The lowest BCUT2D eigenvalue weighted by Gasteiger charge is -2.19. The van der Waals surface area contributed by atoms with Crippen molar-refractivity contribution in [1.82, 2.24) is 4.72 Å². The van der Waals surface area contributed by atoms with Gasteiger partial charge in [0.1, 0.15) is 25.6 Å². The van der Waals surface area contributed by atoms with E-state index in [4.69, 9.17) is 25.8 Å². The number of hydrogen-bond donors (Lipinski definition) is 1. The highest BCUT2D eigenvalue weighted by Crippen LogP contribution is 2.32. The van der Waals surface area contributed by atoms with Crippen molar-refractivity contribution >= 4 is 21.6 Å². The van der Waals surface area contributed by atoms with Crippen LogP contribution in [0.5, 0.6) is 17.2 Å². The molecule has 0 radical (unpaired) electrons. The van der Waals surface area contributed by atoms with Crippen LogP contribution in [0.4, 0.5) is 0 Å². The van der Waals surface area contributed by atoms with E-state index in [1.54, 1.807) is 24.3 Å². The van der Waals surface area contributed by atoms with Gasteiger partial charge in [0.15, 0.2) is 11.5 Å². The highest BCUT2D eigenvalue weighted by Gasteiger charge is 2.19. The molecule has 0 bridgehead atoms. The molecule has 8 heteroatoms. The molecule has 1 heterocycles. The number of sulfonamides is 1. The Morgan fingerprint density at radius 3 is 2.64 bits per heavy atom. The minimum Gasteiger partial charge on any atom is -0.492 e. The van der Waals surface area contributed by atoms with Gasteiger partial charge < -0.3 is 14.2 Å². The van der Waals surface area contributed by atoms with E-state index in [-0.39, 0.29) is 18.0 Å². The second-order valence-electron chi connectivity index (χ2n) is 5.46. The summed E-state index contributed by atoms with van der Waals surface area (Å²) in [6.45, 7) is 3.07. The Bertz CT molecular complexity index is 869. The highest BCUT2D eigenvalue weighted by atomic mass is 35.5. The van der Waals surface area contributed by atoms with Crippen LogP contribution in [0, 0.1) is 6.92 Å². The van der Waals surface area contributed by atoms with Crippen molar-refractivity contribution in [2.45, 2.75) is 11.8 Å². The summed E-state index contributed by atoms with van der Waals surface area (Å²) in [5.41, 5.74) is 0.899. The van der Waals surface area contributed by atoms with E-state index < -0.39 is 10.0 Å². The molecule has 0 atom stereocenters. The highest BCUT2D eigenvalue weighted by molar-refractivity contribution is 7.89. The van der Waals surface area contributed by atoms with Crippen molar-refractivity contribution in [3.8, 4) is 17.2 Å². The van der Waals surface area contributed by atoms with Crippen LogP contribution in [-0.4, -0.2) is 34.8 Å². The fourth-order valence-corrected chi connectivity index (χ4v) is 3.47. The third-order valence-corrected chi connectivity index (χ3v) is 5.50. The molecule has 2 aromatic rings. The van der Waals surface area contributed by atoms with Crippen LogP contribution < -0.4 is 18.9 Å². The van der Waals surface area contributed by atoms with Gasteiger partial charge in [-0.05, 0) is 42.8 Å². The van der Waals surface area contributed by atoms with Crippen molar-refractivity contribution < 1.29 is 22.6 Å². The van der Waals surface area contributed by atoms with Crippen LogP contribution in [0.3, 0.4) is 0 Å². The summed E-state index contributed by atoms with van der Waals surface area (Å²) in [4.78, 5) is 0.124. The van der Waals surface area contributed by atoms with E-state index in [1.807, 2.05) is 6.92 Å². The van der Waals surface area contributed by atoms with E-state index in [2.05, 4.69) is 4.72 Å². The van der Waals surface area contributed by atoms with Gasteiger partial charge in [0, 0.05) is 17.6 Å². The van der Waals surface area contributed by atoms with Crippen LogP contribution in [0.1, 0.15) is 5.56 Å². The van der Waals surface area contributed by atoms with Crippen LogP contribution in [0.15, 0.2) is 41.3 Å². The number of benzene rings is 2. The van der Waals surface area contributed by atoms with E-state index in [9.17, 15) is 8.42 Å². The Labute approximate surface area is 151 Å². The number of aryl methyl sites for hydroxylation is 1. The normalized spacial score (nSPS) is 13.5. The SMILES string of the molecule is Cc1cc(OCCNS(=O)(=O)c2ccc3c(c2)OCCO3)ccc1Cl. The molecule has 0 aliphatic carbocycles. The molecule has 6 nitrogen and oxygen atoms in total. The molecule has 1 N–H and O–H groups in total. The zero-order valence-electron chi connectivity index (χ0n) is 13.6. The van der Waals surface area contributed by atoms with E-state index >= 15 is 0 Å². The zero-order valence-corrected chi connectivity index (χ0v) is 15.2. The molecule has 0 saturated carbocycles. The Kier molecular flexibility index (Phi) is 5.36. The summed E-state index contributed by atoms with van der Waals surface area (Å²) in [6.07, 6.45) is 0. The van der Waals surface area contributed by atoms with Gasteiger partial charge in [-0.1, -0.05) is 11.6 Å². The molecule has 25 heavy (non-hydrogen) atoms. The van der Waals surface area contributed by atoms with Crippen LogP contribution >= 0.6 is 11.6 Å². The fraction of sp³-hybridized carbons (Fsp3) is 0.294. The zero-order chi connectivity index (χ0) is 17.9. The van der Waals surface area contributed by atoms with E-state index in [1.165, 1.54) is 12.1 Å². The summed E-state index contributed by atoms with van der Waals surface area (Å²) in [5.74, 6) is 1.62. The fourth-order valence-electron chi connectivity index (χ4n) is 2.33. The number of fused-ring (bicyclic) bond motifs is 1. The van der Waals surface area contributed by atoms with Crippen LogP contribution in [0.2, 0.25) is 5.02 Å². The van der Waals surface area contributed by atoms with Gasteiger partial charge in [0.25, 0.3) is 0 Å². The van der Waals surface area contributed by atoms with Gasteiger partial charge in [-0.25, -0.2) is 13.1 Å². The Morgan fingerprint density at radius 1 is 1.12 bits per heavy atom.